The zero-order chi connectivity index (χ0) is 15.1. The number of aryl methyl sites for hydroxylation is 1. The Morgan fingerprint density at radius 2 is 2.14 bits per heavy atom. The van der Waals surface area contributed by atoms with Crippen LogP contribution in [0.5, 0.6) is 5.75 Å². The van der Waals surface area contributed by atoms with Crippen molar-refractivity contribution in [1.29, 1.82) is 0 Å². The van der Waals surface area contributed by atoms with E-state index in [1.807, 2.05) is 0 Å². The highest BCUT2D eigenvalue weighted by molar-refractivity contribution is 9.10. The van der Waals surface area contributed by atoms with Crippen LogP contribution in [0.25, 0.3) is 0 Å². The van der Waals surface area contributed by atoms with Gasteiger partial charge in [-0.15, -0.1) is 0 Å². The Balaban J connectivity index is 1.88. The Hall–Kier alpha value is -0.620. The summed E-state index contributed by atoms with van der Waals surface area (Å²) in [6, 6.07) is 4.15. The maximum absolute atomic E-state index is 5.84. The van der Waals surface area contributed by atoms with Crippen molar-refractivity contribution in [2.45, 2.75) is 26.3 Å². The summed E-state index contributed by atoms with van der Waals surface area (Å²) in [5.41, 5.74) is 2.25. The molecule has 0 aromatic heterocycles. The summed E-state index contributed by atoms with van der Waals surface area (Å²) in [4.78, 5) is 0. The lowest BCUT2D eigenvalue weighted by Gasteiger charge is -2.15. The first kappa shape index (κ1) is 16.7. The van der Waals surface area contributed by atoms with Gasteiger partial charge in [0.2, 0.25) is 0 Å². The normalized spacial score (nSPS) is 14.4. The van der Waals surface area contributed by atoms with Crippen LogP contribution in [-0.4, -0.2) is 33.7 Å². The summed E-state index contributed by atoms with van der Waals surface area (Å²) in [6.07, 6.45) is 2.60. The monoisotopic (exact) mass is 357 g/mol. The first-order chi connectivity index (χ1) is 10.2. The van der Waals surface area contributed by atoms with Gasteiger partial charge >= 0.3 is 0 Å². The largest absolute Gasteiger partial charge is 0.467 e. The molecule has 1 aromatic carbocycles. The van der Waals surface area contributed by atoms with Gasteiger partial charge in [0.05, 0.1) is 13.2 Å². The van der Waals surface area contributed by atoms with Crippen LogP contribution in [0.1, 0.15) is 24.0 Å². The van der Waals surface area contributed by atoms with E-state index in [4.69, 9.17) is 14.2 Å². The van der Waals surface area contributed by atoms with Gasteiger partial charge in [-0.2, -0.15) is 0 Å². The number of halogens is 1. The highest BCUT2D eigenvalue weighted by Gasteiger charge is 2.21. The second-order valence-corrected chi connectivity index (χ2v) is 6.37. The Kier molecular flexibility index (Phi) is 6.96. The van der Waals surface area contributed by atoms with Gasteiger partial charge < -0.3 is 19.5 Å². The molecule has 0 spiro atoms. The van der Waals surface area contributed by atoms with Crippen molar-refractivity contribution in [2.75, 3.05) is 33.7 Å². The number of hydrogen-bond acceptors (Lipinski definition) is 4. The third-order valence-corrected chi connectivity index (χ3v) is 3.91. The first-order valence-corrected chi connectivity index (χ1v) is 8.19. The maximum Gasteiger partial charge on any atom is 0.189 e. The number of benzene rings is 1. The van der Waals surface area contributed by atoms with Crippen molar-refractivity contribution >= 4 is 15.9 Å². The van der Waals surface area contributed by atoms with Crippen LogP contribution in [0.4, 0.5) is 0 Å². The molecule has 0 atom stereocenters. The average molecular weight is 358 g/mol. The highest BCUT2D eigenvalue weighted by Crippen LogP contribution is 2.30. The SMILES string of the molecule is COCCNCc1cc(Br)cc(C)c1OCOCC1CC1. The maximum atomic E-state index is 5.84. The van der Waals surface area contributed by atoms with Crippen LogP contribution in [0.15, 0.2) is 16.6 Å². The summed E-state index contributed by atoms with van der Waals surface area (Å²) in [5, 5.41) is 3.35. The lowest BCUT2D eigenvalue weighted by molar-refractivity contribution is 0.00902. The van der Waals surface area contributed by atoms with E-state index < -0.39 is 0 Å². The van der Waals surface area contributed by atoms with Gasteiger partial charge in [-0.1, -0.05) is 15.9 Å². The average Bonchev–Trinajstić information content (AvgIpc) is 3.25. The minimum absolute atomic E-state index is 0.323. The minimum Gasteiger partial charge on any atom is -0.467 e. The van der Waals surface area contributed by atoms with Crippen molar-refractivity contribution in [3.8, 4) is 5.75 Å². The molecule has 5 heteroatoms. The number of rotatable bonds is 10. The lowest BCUT2D eigenvalue weighted by Crippen LogP contribution is -2.19. The molecular formula is C16H24BrNO3. The molecule has 0 radical (unpaired) electrons. The zero-order valence-corrected chi connectivity index (χ0v) is 14.4. The lowest BCUT2D eigenvalue weighted by atomic mass is 10.1. The molecule has 1 N–H and O–H groups in total. The van der Waals surface area contributed by atoms with Crippen LogP contribution < -0.4 is 10.1 Å². The first-order valence-electron chi connectivity index (χ1n) is 7.40. The van der Waals surface area contributed by atoms with E-state index in [-0.39, 0.29) is 0 Å². The second kappa shape index (κ2) is 8.73. The van der Waals surface area contributed by atoms with Crippen molar-refractivity contribution < 1.29 is 14.2 Å². The van der Waals surface area contributed by atoms with E-state index in [0.717, 1.165) is 47.0 Å². The predicted molar refractivity (Wildman–Crippen MR) is 86.6 cm³/mol. The number of nitrogens with one attached hydrogen (secondary N) is 1. The van der Waals surface area contributed by atoms with E-state index in [1.54, 1.807) is 7.11 Å². The molecule has 1 aliphatic carbocycles. The van der Waals surface area contributed by atoms with Gasteiger partial charge in [-0.05, 0) is 43.4 Å². The minimum atomic E-state index is 0.323. The fraction of sp³-hybridized carbons (Fsp3) is 0.625. The molecule has 21 heavy (non-hydrogen) atoms. The summed E-state index contributed by atoms with van der Waals surface area (Å²) in [6.45, 7) is 5.47. The summed E-state index contributed by atoms with van der Waals surface area (Å²) in [7, 11) is 1.71. The fourth-order valence-electron chi connectivity index (χ4n) is 2.13. The standard InChI is InChI=1S/C16H24BrNO3/c1-12-7-15(17)8-14(9-18-5-6-19-2)16(12)21-11-20-10-13-3-4-13/h7-8,13,18H,3-6,9-11H2,1-2H3. The Morgan fingerprint density at radius 3 is 2.86 bits per heavy atom. The Labute approximate surface area is 135 Å². The Bertz CT molecular complexity index is 449. The number of hydrogen-bond donors (Lipinski definition) is 1. The molecule has 4 nitrogen and oxygen atoms in total. The summed E-state index contributed by atoms with van der Waals surface area (Å²) in [5.74, 6) is 1.67. The molecule has 1 aliphatic rings. The van der Waals surface area contributed by atoms with Gasteiger partial charge in [-0.3, -0.25) is 0 Å². The highest BCUT2D eigenvalue weighted by atomic mass is 79.9. The van der Waals surface area contributed by atoms with Crippen molar-refractivity contribution in [3.63, 3.8) is 0 Å². The predicted octanol–water partition coefficient (Wildman–Crippen LogP) is 3.26. The third-order valence-electron chi connectivity index (χ3n) is 3.45. The topological polar surface area (TPSA) is 39.7 Å². The van der Waals surface area contributed by atoms with E-state index in [9.17, 15) is 0 Å². The van der Waals surface area contributed by atoms with Crippen molar-refractivity contribution in [3.05, 3.63) is 27.7 Å². The molecule has 0 amide bonds. The van der Waals surface area contributed by atoms with Crippen molar-refractivity contribution in [1.82, 2.24) is 5.32 Å². The quantitative estimate of drug-likeness (QED) is 0.515. The second-order valence-electron chi connectivity index (χ2n) is 5.46. The van der Waals surface area contributed by atoms with Gasteiger partial charge in [0, 0.05) is 30.2 Å². The molecule has 0 saturated heterocycles. The molecular weight excluding hydrogens is 334 g/mol. The van der Waals surface area contributed by atoms with Crippen LogP contribution in [0, 0.1) is 12.8 Å². The van der Waals surface area contributed by atoms with Crippen molar-refractivity contribution in [2.24, 2.45) is 5.92 Å². The number of ether oxygens (including phenoxy) is 3. The van der Waals surface area contributed by atoms with E-state index >= 15 is 0 Å². The van der Waals surface area contributed by atoms with Crippen LogP contribution in [-0.2, 0) is 16.0 Å². The molecule has 0 aliphatic heterocycles. The fourth-order valence-corrected chi connectivity index (χ4v) is 2.75. The molecule has 118 valence electrons. The molecule has 1 aromatic rings. The third kappa shape index (κ3) is 5.94. The molecule has 2 rings (SSSR count). The van der Waals surface area contributed by atoms with Crippen LogP contribution in [0.2, 0.25) is 0 Å². The molecule has 1 saturated carbocycles. The van der Waals surface area contributed by atoms with Crippen LogP contribution >= 0.6 is 15.9 Å². The van der Waals surface area contributed by atoms with Gasteiger partial charge in [0.15, 0.2) is 6.79 Å². The van der Waals surface area contributed by atoms with E-state index in [1.165, 1.54) is 12.8 Å². The van der Waals surface area contributed by atoms with Gasteiger partial charge in [-0.25, -0.2) is 0 Å². The summed E-state index contributed by atoms with van der Waals surface area (Å²) < 4.78 is 17.5. The van der Waals surface area contributed by atoms with E-state index in [2.05, 4.69) is 40.3 Å². The van der Waals surface area contributed by atoms with Gasteiger partial charge in [0.25, 0.3) is 0 Å². The zero-order valence-electron chi connectivity index (χ0n) is 12.8. The number of methoxy groups -OCH3 is 1. The van der Waals surface area contributed by atoms with Crippen LogP contribution in [0.3, 0.4) is 0 Å². The Morgan fingerprint density at radius 1 is 1.33 bits per heavy atom. The molecule has 0 heterocycles. The molecule has 1 fully saturated rings. The van der Waals surface area contributed by atoms with Gasteiger partial charge in [0.1, 0.15) is 5.75 Å². The smallest absolute Gasteiger partial charge is 0.189 e. The molecule has 0 bridgehead atoms. The molecule has 0 unspecified atom stereocenters. The summed E-state index contributed by atoms with van der Waals surface area (Å²) >= 11 is 3.54. The van der Waals surface area contributed by atoms with E-state index in [0.29, 0.717) is 13.4 Å².